The molecule has 1 aromatic heterocycles. The number of nitrogens with one attached hydrogen (secondary N) is 1. The minimum absolute atomic E-state index is 0.0920. The van der Waals surface area contributed by atoms with Gasteiger partial charge in [-0.2, -0.15) is 0 Å². The summed E-state index contributed by atoms with van der Waals surface area (Å²) in [6.07, 6.45) is 6.09. The summed E-state index contributed by atoms with van der Waals surface area (Å²) >= 11 is 5.87. The van der Waals surface area contributed by atoms with E-state index >= 15 is 0 Å². The van der Waals surface area contributed by atoms with E-state index in [0.717, 1.165) is 24.3 Å². The molecule has 0 bridgehead atoms. The lowest BCUT2D eigenvalue weighted by Crippen LogP contribution is -2.41. The quantitative estimate of drug-likeness (QED) is 0.870. The Kier molecular flexibility index (Phi) is 4.68. The van der Waals surface area contributed by atoms with Crippen molar-refractivity contribution < 1.29 is 9.21 Å². The molecule has 0 atom stereocenters. The van der Waals surface area contributed by atoms with Crippen LogP contribution in [-0.2, 0) is 6.54 Å². The van der Waals surface area contributed by atoms with Crippen LogP contribution in [0.15, 0.2) is 47.1 Å². The van der Waals surface area contributed by atoms with Gasteiger partial charge < -0.3 is 14.6 Å². The summed E-state index contributed by atoms with van der Waals surface area (Å²) in [7, 11) is 0. The average Bonchev–Trinajstić information content (AvgIpc) is 3.20. The zero-order valence-electron chi connectivity index (χ0n) is 12.3. The molecule has 1 aliphatic rings. The molecule has 22 heavy (non-hydrogen) atoms. The summed E-state index contributed by atoms with van der Waals surface area (Å²) in [4.78, 5) is 14.5. The lowest BCUT2D eigenvalue weighted by molar-refractivity contribution is 0.178. The van der Waals surface area contributed by atoms with E-state index in [0.29, 0.717) is 11.6 Å². The van der Waals surface area contributed by atoms with Gasteiger partial charge >= 0.3 is 6.03 Å². The summed E-state index contributed by atoms with van der Waals surface area (Å²) in [5, 5.41) is 3.60. The van der Waals surface area contributed by atoms with Gasteiger partial charge in [0.1, 0.15) is 5.76 Å². The van der Waals surface area contributed by atoms with Crippen LogP contribution in [-0.4, -0.2) is 17.0 Å². The molecule has 2 amide bonds. The van der Waals surface area contributed by atoms with E-state index in [2.05, 4.69) is 5.32 Å². The smallest absolute Gasteiger partial charge is 0.322 e. The normalized spacial score (nSPS) is 15.0. The van der Waals surface area contributed by atoms with Gasteiger partial charge in [-0.3, -0.25) is 0 Å². The summed E-state index contributed by atoms with van der Waals surface area (Å²) in [5.74, 6) is 0.804. The van der Waals surface area contributed by atoms with Crippen molar-refractivity contribution in [2.75, 3.05) is 5.32 Å². The van der Waals surface area contributed by atoms with Crippen molar-refractivity contribution in [3.05, 3.63) is 53.4 Å². The minimum atomic E-state index is -0.0920. The Bertz CT molecular complexity index is 604. The number of benzene rings is 1. The summed E-state index contributed by atoms with van der Waals surface area (Å²) in [6.45, 7) is 0.497. The molecule has 0 saturated heterocycles. The van der Waals surface area contributed by atoms with Gasteiger partial charge in [0, 0.05) is 16.8 Å². The topological polar surface area (TPSA) is 45.5 Å². The molecule has 1 saturated carbocycles. The number of hydrogen-bond donors (Lipinski definition) is 1. The molecule has 1 aliphatic carbocycles. The Hall–Kier alpha value is -1.94. The van der Waals surface area contributed by atoms with E-state index < -0.39 is 0 Å². The van der Waals surface area contributed by atoms with E-state index in [4.69, 9.17) is 16.0 Å². The standard InChI is InChI=1S/C17H19ClN2O2/c18-13-7-9-14(10-8-13)19-17(21)20(15-4-1-2-5-15)12-16-6-3-11-22-16/h3,6-11,15H,1-2,4-5,12H2,(H,19,21). The van der Waals surface area contributed by atoms with Gasteiger partial charge in [-0.05, 0) is 49.2 Å². The van der Waals surface area contributed by atoms with Gasteiger partial charge in [-0.15, -0.1) is 0 Å². The number of urea groups is 1. The summed E-state index contributed by atoms with van der Waals surface area (Å²) in [5.41, 5.74) is 0.747. The summed E-state index contributed by atoms with van der Waals surface area (Å²) < 4.78 is 5.40. The lowest BCUT2D eigenvalue weighted by atomic mass is 10.2. The molecular formula is C17H19ClN2O2. The number of nitrogens with zero attached hydrogens (tertiary/aromatic N) is 1. The Morgan fingerprint density at radius 3 is 2.59 bits per heavy atom. The second-order valence-corrected chi connectivity index (χ2v) is 6.02. The maximum atomic E-state index is 12.7. The SMILES string of the molecule is O=C(Nc1ccc(Cl)cc1)N(Cc1ccco1)C1CCCC1. The fourth-order valence-electron chi connectivity index (χ4n) is 2.88. The van der Waals surface area contributed by atoms with Crippen LogP contribution >= 0.6 is 11.6 Å². The Labute approximate surface area is 135 Å². The third-order valence-corrected chi connectivity index (χ3v) is 4.28. The molecule has 5 heteroatoms. The second-order valence-electron chi connectivity index (χ2n) is 5.58. The number of carbonyl (C=O) groups excluding carboxylic acids is 1. The van der Waals surface area contributed by atoms with Crippen LogP contribution in [0.25, 0.3) is 0 Å². The number of amides is 2. The maximum Gasteiger partial charge on any atom is 0.322 e. The first kappa shape index (κ1) is 15.0. The molecule has 3 rings (SSSR count). The molecule has 1 heterocycles. The molecular weight excluding hydrogens is 300 g/mol. The largest absolute Gasteiger partial charge is 0.467 e. The van der Waals surface area contributed by atoms with E-state index in [1.54, 1.807) is 30.5 Å². The molecule has 1 fully saturated rings. The predicted octanol–water partition coefficient (Wildman–Crippen LogP) is 4.91. The fourth-order valence-corrected chi connectivity index (χ4v) is 3.01. The number of rotatable bonds is 4. The number of carbonyl (C=O) groups is 1. The van der Waals surface area contributed by atoms with Gasteiger partial charge in [-0.25, -0.2) is 4.79 Å². The van der Waals surface area contributed by atoms with Crippen LogP contribution in [0.2, 0.25) is 5.02 Å². The number of anilines is 1. The van der Waals surface area contributed by atoms with Crippen LogP contribution in [0.3, 0.4) is 0 Å². The van der Waals surface area contributed by atoms with Crippen LogP contribution in [0.5, 0.6) is 0 Å². The van der Waals surface area contributed by atoms with Crippen molar-refractivity contribution in [1.29, 1.82) is 0 Å². The van der Waals surface area contributed by atoms with Crippen molar-refractivity contribution in [2.45, 2.75) is 38.3 Å². The van der Waals surface area contributed by atoms with Crippen molar-refractivity contribution in [1.82, 2.24) is 4.90 Å². The maximum absolute atomic E-state index is 12.7. The third-order valence-electron chi connectivity index (χ3n) is 4.03. The number of furan rings is 1. The third kappa shape index (κ3) is 3.63. The van der Waals surface area contributed by atoms with Crippen LogP contribution in [0.1, 0.15) is 31.4 Å². The van der Waals surface area contributed by atoms with Crippen molar-refractivity contribution in [3.63, 3.8) is 0 Å². The highest BCUT2D eigenvalue weighted by atomic mass is 35.5. The van der Waals surface area contributed by atoms with Crippen LogP contribution in [0, 0.1) is 0 Å². The zero-order chi connectivity index (χ0) is 15.4. The molecule has 0 unspecified atom stereocenters. The highest BCUT2D eigenvalue weighted by molar-refractivity contribution is 6.30. The first-order valence-corrected chi connectivity index (χ1v) is 7.96. The van der Waals surface area contributed by atoms with Crippen molar-refractivity contribution in [2.24, 2.45) is 0 Å². The lowest BCUT2D eigenvalue weighted by Gasteiger charge is -2.28. The van der Waals surface area contributed by atoms with E-state index in [-0.39, 0.29) is 12.1 Å². The van der Waals surface area contributed by atoms with E-state index in [1.165, 1.54) is 12.8 Å². The zero-order valence-corrected chi connectivity index (χ0v) is 13.1. The number of halogens is 1. The van der Waals surface area contributed by atoms with Crippen LogP contribution < -0.4 is 5.32 Å². The summed E-state index contributed by atoms with van der Waals surface area (Å²) in [6, 6.07) is 11.1. The highest BCUT2D eigenvalue weighted by Crippen LogP contribution is 2.26. The molecule has 1 aromatic carbocycles. The van der Waals surface area contributed by atoms with E-state index in [9.17, 15) is 4.79 Å². The molecule has 0 aliphatic heterocycles. The molecule has 0 radical (unpaired) electrons. The van der Waals surface area contributed by atoms with Crippen molar-refractivity contribution in [3.8, 4) is 0 Å². The van der Waals surface area contributed by atoms with E-state index in [1.807, 2.05) is 17.0 Å². The fraction of sp³-hybridized carbons (Fsp3) is 0.353. The minimum Gasteiger partial charge on any atom is -0.467 e. The molecule has 116 valence electrons. The van der Waals surface area contributed by atoms with Gasteiger partial charge in [0.15, 0.2) is 0 Å². The molecule has 1 N–H and O–H groups in total. The second kappa shape index (κ2) is 6.88. The Morgan fingerprint density at radius 1 is 1.23 bits per heavy atom. The Balaban J connectivity index is 1.72. The monoisotopic (exact) mass is 318 g/mol. The van der Waals surface area contributed by atoms with Crippen LogP contribution in [0.4, 0.5) is 10.5 Å². The molecule has 4 nitrogen and oxygen atoms in total. The number of hydrogen-bond acceptors (Lipinski definition) is 2. The first-order valence-electron chi connectivity index (χ1n) is 7.58. The van der Waals surface area contributed by atoms with Gasteiger partial charge in [0.05, 0.1) is 12.8 Å². The first-order chi connectivity index (χ1) is 10.7. The van der Waals surface area contributed by atoms with Gasteiger partial charge in [0.25, 0.3) is 0 Å². The molecule has 2 aromatic rings. The van der Waals surface area contributed by atoms with Gasteiger partial charge in [-0.1, -0.05) is 24.4 Å². The molecule has 0 spiro atoms. The van der Waals surface area contributed by atoms with Crippen molar-refractivity contribution >= 4 is 23.3 Å². The average molecular weight is 319 g/mol. The van der Waals surface area contributed by atoms with Gasteiger partial charge in [0.2, 0.25) is 0 Å². The Morgan fingerprint density at radius 2 is 1.95 bits per heavy atom. The predicted molar refractivity (Wildman–Crippen MR) is 87.0 cm³/mol. The highest BCUT2D eigenvalue weighted by Gasteiger charge is 2.27.